The van der Waals surface area contributed by atoms with Crippen molar-refractivity contribution >= 4 is 11.8 Å². The van der Waals surface area contributed by atoms with Crippen LogP contribution in [-0.4, -0.2) is 49.6 Å². The van der Waals surface area contributed by atoms with Gasteiger partial charge in [-0.3, -0.25) is 19.8 Å². The van der Waals surface area contributed by atoms with Crippen LogP contribution >= 0.6 is 0 Å². The molecule has 1 saturated heterocycles. The third-order valence-corrected chi connectivity index (χ3v) is 1.91. The summed E-state index contributed by atoms with van der Waals surface area (Å²) >= 11 is 0. The van der Waals surface area contributed by atoms with E-state index in [2.05, 4.69) is 11.9 Å². The highest BCUT2D eigenvalue weighted by atomic mass is 16.5. The van der Waals surface area contributed by atoms with Crippen LogP contribution in [0.25, 0.3) is 0 Å². The number of nitrogens with zero attached hydrogens (tertiary/aromatic N) is 1. The van der Waals surface area contributed by atoms with Crippen molar-refractivity contribution in [2.45, 2.75) is 6.92 Å². The molecule has 0 atom stereocenters. The number of hydrogen-bond acceptors (Lipinski definition) is 4. The molecule has 0 saturated carbocycles. The molecule has 0 aromatic rings. The second-order valence-electron chi connectivity index (χ2n) is 3.69. The highest BCUT2D eigenvalue weighted by Gasteiger charge is 2.21. The van der Waals surface area contributed by atoms with Crippen LogP contribution in [0.5, 0.6) is 0 Å². The van der Waals surface area contributed by atoms with E-state index < -0.39 is 0 Å². The number of carbonyl (C=O) groups excluding carboxylic acids is 2. The van der Waals surface area contributed by atoms with E-state index >= 15 is 0 Å². The van der Waals surface area contributed by atoms with Crippen molar-refractivity contribution in [2.75, 3.05) is 32.8 Å². The summed E-state index contributed by atoms with van der Waals surface area (Å²) in [6.45, 7) is 7.74. The SMILES string of the molecule is C=C(C)COCCN1CC(=O)NC(=O)C1. The lowest BCUT2D eigenvalue weighted by atomic mass is 10.3. The van der Waals surface area contributed by atoms with Gasteiger partial charge in [0.05, 0.1) is 26.3 Å². The molecule has 2 amide bonds. The van der Waals surface area contributed by atoms with Crippen molar-refractivity contribution in [3.05, 3.63) is 12.2 Å². The Hall–Kier alpha value is -1.20. The number of carbonyl (C=O) groups is 2. The first-order valence-electron chi connectivity index (χ1n) is 4.85. The molecular weight excluding hydrogens is 196 g/mol. The van der Waals surface area contributed by atoms with Crippen LogP contribution in [0.4, 0.5) is 0 Å². The minimum Gasteiger partial charge on any atom is -0.376 e. The maximum absolute atomic E-state index is 11.0. The Morgan fingerprint density at radius 1 is 1.47 bits per heavy atom. The molecule has 1 fully saturated rings. The van der Waals surface area contributed by atoms with Gasteiger partial charge in [-0.15, -0.1) is 0 Å². The van der Waals surface area contributed by atoms with E-state index in [1.165, 1.54) is 0 Å². The summed E-state index contributed by atoms with van der Waals surface area (Å²) in [5.41, 5.74) is 0.961. The molecule has 15 heavy (non-hydrogen) atoms. The summed E-state index contributed by atoms with van der Waals surface area (Å²) in [5, 5.41) is 2.24. The van der Waals surface area contributed by atoms with Gasteiger partial charge < -0.3 is 4.74 Å². The van der Waals surface area contributed by atoms with Crippen LogP contribution in [0, 0.1) is 0 Å². The van der Waals surface area contributed by atoms with Crippen LogP contribution in [0.1, 0.15) is 6.92 Å². The molecule has 0 bridgehead atoms. The summed E-state index contributed by atoms with van der Waals surface area (Å²) in [6, 6.07) is 0. The fourth-order valence-corrected chi connectivity index (χ4v) is 1.29. The molecule has 1 aliphatic heterocycles. The number of hydrogen-bond donors (Lipinski definition) is 1. The topological polar surface area (TPSA) is 58.6 Å². The molecule has 1 N–H and O–H groups in total. The lowest BCUT2D eigenvalue weighted by molar-refractivity contribution is -0.136. The van der Waals surface area contributed by atoms with Gasteiger partial charge in [-0.25, -0.2) is 0 Å². The number of nitrogens with one attached hydrogen (secondary N) is 1. The molecule has 1 heterocycles. The zero-order chi connectivity index (χ0) is 11.3. The van der Waals surface area contributed by atoms with Crippen molar-refractivity contribution in [1.29, 1.82) is 0 Å². The van der Waals surface area contributed by atoms with Gasteiger partial charge in [-0.2, -0.15) is 0 Å². The van der Waals surface area contributed by atoms with Crippen LogP contribution < -0.4 is 5.32 Å². The normalized spacial score (nSPS) is 17.7. The minimum absolute atomic E-state index is 0.244. The molecule has 0 aromatic heterocycles. The van der Waals surface area contributed by atoms with E-state index in [1.54, 1.807) is 4.90 Å². The van der Waals surface area contributed by atoms with Crippen molar-refractivity contribution in [2.24, 2.45) is 0 Å². The molecule has 0 spiro atoms. The van der Waals surface area contributed by atoms with Gasteiger partial charge in [0.1, 0.15) is 0 Å². The molecule has 0 aliphatic carbocycles. The van der Waals surface area contributed by atoms with E-state index in [0.717, 1.165) is 5.57 Å². The maximum atomic E-state index is 11.0. The Kier molecular flexibility index (Phi) is 4.45. The van der Waals surface area contributed by atoms with Gasteiger partial charge in [0, 0.05) is 6.54 Å². The van der Waals surface area contributed by atoms with Crippen LogP contribution in [0.15, 0.2) is 12.2 Å². The Bertz CT molecular complexity index is 260. The Morgan fingerprint density at radius 2 is 2.07 bits per heavy atom. The molecule has 5 heteroatoms. The molecule has 1 aliphatic rings. The number of amides is 2. The predicted molar refractivity (Wildman–Crippen MR) is 55.2 cm³/mol. The van der Waals surface area contributed by atoms with E-state index in [9.17, 15) is 9.59 Å². The smallest absolute Gasteiger partial charge is 0.240 e. The van der Waals surface area contributed by atoms with Gasteiger partial charge >= 0.3 is 0 Å². The fourth-order valence-electron chi connectivity index (χ4n) is 1.29. The maximum Gasteiger partial charge on any atom is 0.240 e. The second-order valence-corrected chi connectivity index (χ2v) is 3.69. The van der Waals surface area contributed by atoms with Crippen LogP contribution in [-0.2, 0) is 14.3 Å². The summed E-state index contributed by atoms with van der Waals surface area (Å²) in [5.74, 6) is -0.489. The molecule has 1 rings (SSSR count). The van der Waals surface area contributed by atoms with Crippen molar-refractivity contribution in [1.82, 2.24) is 10.2 Å². The summed E-state index contributed by atoms with van der Waals surface area (Å²) in [4.78, 5) is 23.8. The Balaban J connectivity index is 2.18. The highest BCUT2D eigenvalue weighted by molar-refractivity contribution is 5.99. The van der Waals surface area contributed by atoms with Crippen molar-refractivity contribution < 1.29 is 14.3 Å². The van der Waals surface area contributed by atoms with Gasteiger partial charge in [0.2, 0.25) is 11.8 Å². The first-order valence-corrected chi connectivity index (χ1v) is 4.85. The first-order chi connectivity index (χ1) is 7.08. The lowest BCUT2D eigenvalue weighted by Crippen LogP contribution is -2.52. The molecule has 5 nitrogen and oxygen atoms in total. The molecule has 84 valence electrons. The van der Waals surface area contributed by atoms with E-state index in [0.29, 0.717) is 19.8 Å². The third kappa shape index (κ3) is 4.71. The Morgan fingerprint density at radius 3 is 2.60 bits per heavy atom. The third-order valence-electron chi connectivity index (χ3n) is 1.91. The number of ether oxygens (including phenoxy) is 1. The minimum atomic E-state index is -0.244. The number of rotatable bonds is 5. The van der Waals surface area contributed by atoms with Gasteiger partial charge in [-0.1, -0.05) is 12.2 Å². The van der Waals surface area contributed by atoms with Crippen molar-refractivity contribution in [3.63, 3.8) is 0 Å². The molecule has 0 aromatic carbocycles. The summed E-state index contributed by atoms with van der Waals surface area (Å²) < 4.78 is 5.28. The quantitative estimate of drug-likeness (QED) is 0.380. The average molecular weight is 212 g/mol. The van der Waals surface area contributed by atoms with Gasteiger partial charge in [0.25, 0.3) is 0 Å². The molecular formula is C10H16N2O3. The number of piperazine rings is 1. The summed E-state index contributed by atoms with van der Waals surface area (Å²) in [7, 11) is 0. The van der Waals surface area contributed by atoms with Crippen LogP contribution in [0.3, 0.4) is 0 Å². The van der Waals surface area contributed by atoms with E-state index in [4.69, 9.17) is 4.74 Å². The van der Waals surface area contributed by atoms with Crippen LogP contribution in [0.2, 0.25) is 0 Å². The summed E-state index contributed by atoms with van der Waals surface area (Å²) in [6.07, 6.45) is 0. The standard InChI is InChI=1S/C10H16N2O3/c1-8(2)7-15-4-3-12-5-9(13)11-10(14)6-12/h1,3-7H2,2H3,(H,11,13,14). The first kappa shape index (κ1) is 11.9. The zero-order valence-electron chi connectivity index (χ0n) is 8.91. The van der Waals surface area contributed by atoms with E-state index in [-0.39, 0.29) is 24.9 Å². The molecule has 0 radical (unpaired) electrons. The lowest BCUT2D eigenvalue weighted by Gasteiger charge is -2.24. The van der Waals surface area contributed by atoms with Crippen molar-refractivity contribution in [3.8, 4) is 0 Å². The number of imide groups is 1. The van der Waals surface area contributed by atoms with E-state index in [1.807, 2.05) is 6.92 Å². The highest BCUT2D eigenvalue weighted by Crippen LogP contribution is 1.95. The van der Waals surface area contributed by atoms with Gasteiger partial charge in [-0.05, 0) is 6.92 Å². The average Bonchev–Trinajstić information content (AvgIpc) is 2.10. The Labute approximate surface area is 89.1 Å². The largest absolute Gasteiger partial charge is 0.376 e. The van der Waals surface area contributed by atoms with Gasteiger partial charge in [0.15, 0.2) is 0 Å². The monoisotopic (exact) mass is 212 g/mol. The fraction of sp³-hybridized carbons (Fsp3) is 0.600. The second kappa shape index (κ2) is 5.63. The molecule has 0 unspecified atom stereocenters. The zero-order valence-corrected chi connectivity index (χ0v) is 8.91. The predicted octanol–water partition coefficient (Wildman–Crippen LogP) is -0.462.